The first-order chi connectivity index (χ1) is 7.75. The number of nitrogens with zero attached hydrogens (tertiary/aromatic N) is 2. The number of carboxylic acid groups (broad SMARTS) is 1. The zero-order chi connectivity index (χ0) is 11.4. The van der Waals surface area contributed by atoms with Gasteiger partial charge in [-0.3, -0.25) is 4.79 Å². The number of carboxylic acids is 1. The number of nitrogens with one attached hydrogen (secondary N) is 2. The van der Waals surface area contributed by atoms with E-state index in [0.717, 1.165) is 11.1 Å². The van der Waals surface area contributed by atoms with Gasteiger partial charge in [0.05, 0.1) is 0 Å². The molecule has 2 aromatic heterocycles. The van der Waals surface area contributed by atoms with Gasteiger partial charge in [0.15, 0.2) is 0 Å². The lowest BCUT2D eigenvalue weighted by atomic mass is 10.2. The molecule has 0 atom stereocenters. The topological polar surface area (TPSA) is 90.9 Å². The molecule has 0 aromatic carbocycles. The van der Waals surface area contributed by atoms with Crippen molar-refractivity contribution >= 4 is 11.9 Å². The van der Waals surface area contributed by atoms with E-state index in [9.17, 15) is 4.79 Å². The summed E-state index contributed by atoms with van der Waals surface area (Å²) in [7, 11) is 0. The van der Waals surface area contributed by atoms with Crippen LogP contribution in [-0.2, 0) is 4.79 Å². The minimum Gasteiger partial charge on any atom is -0.480 e. The molecular weight excluding hydrogens is 208 g/mol. The van der Waals surface area contributed by atoms with E-state index in [1.54, 1.807) is 12.4 Å². The molecule has 0 fully saturated rings. The van der Waals surface area contributed by atoms with Gasteiger partial charge in [-0.25, -0.2) is 9.97 Å². The summed E-state index contributed by atoms with van der Waals surface area (Å²) in [5.41, 5.74) is 1.87. The Balaban J connectivity index is 2.08. The Bertz CT molecular complexity index is 464. The van der Waals surface area contributed by atoms with E-state index in [1.807, 2.05) is 18.5 Å². The zero-order valence-electron chi connectivity index (χ0n) is 8.34. The Kier molecular flexibility index (Phi) is 2.81. The largest absolute Gasteiger partial charge is 0.480 e. The van der Waals surface area contributed by atoms with E-state index >= 15 is 0 Å². The number of aliphatic carboxylic acids is 1. The standard InChI is InChI=1S/C10H10N4O2/c15-9(16)6-14-10-12-4-8(5-13-10)7-1-2-11-3-7/h1-5,11H,6H2,(H,15,16)(H,12,13,14). The average molecular weight is 218 g/mol. The Labute approximate surface area is 91.4 Å². The zero-order valence-corrected chi connectivity index (χ0v) is 8.34. The van der Waals surface area contributed by atoms with E-state index in [-0.39, 0.29) is 6.54 Å². The molecule has 0 aliphatic carbocycles. The van der Waals surface area contributed by atoms with Gasteiger partial charge >= 0.3 is 5.97 Å². The average Bonchev–Trinajstić information content (AvgIpc) is 2.80. The molecule has 0 aliphatic rings. The lowest BCUT2D eigenvalue weighted by Gasteiger charge is -2.01. The number of anilines is 1. The van der Waals surface area contributed by atoms with Crippen molar-refractivity contribution in [2.24, 2.45) is 0 Å². The van der Waals surface area contributed by atoms with Crippen LogP contribution in [0.4, 0.5) is 5.95 Å². The Morgan fingerprint density at radius 3 is 2.69 bits per heavy atom. The fourth-order valence-electron chi connectivity index (χ4n) is 1.23. The maximum atomic E-state index is 10.3. The van der Waals surface area contributed by atoms with Gasteiger partial charge in [0, 0.05) is 35.9 Å². The molecular formula is C10H10N4O2. The van der Waals surface area contributed by atoms with Gasteiger partial charge in [0.2, 0.25) is 5.95 Å². The van der Waals surface area contributed by atoms with Crippen molar-refractivity contribution in [2.75, 3.05) is 11.9 Å². The number of carbonyl (C=O) groups is 1. The predicted octanol–water partition coefficient (Wildman–Crippen LogP) is 0.968. The summed E-state index contributed by atoms with van der Waals surface area (Å²) in [6.07, 6.45) is 6.93. The van der Waals surface area contributed by atoms with Crippen LogP contribution in [0.25, 0.3) is 11.1 Å². The molecule has 16 heavy (non-hydrogen) atoms. The van der Waals surface area contributed by atoms with E-state index in [2.05, 4.69) is 20.3 Å². The van der Waals surface area contributed by atoms with Gasteiger partial charge in [-0.1, -0.05) is 0 Å². The molecule has 6 heteroatoms. The maximum Gasteiger partial charge on any atom is 0.322 e. The molecule has 3 N–H and O–H groups in total. The van der Waals surface area contributed by atoms with Gasteiger partial charge in [0.25, 0.3) is 0 Å². The normalized spacial score (nSPS) is 10.0. The monoisotopic (exact) mass is 218 g/mol. The Morgan fingerprint density at radius 2 is 2.12 bits per heavy atom. The summed E-state index contributed by atoms with van der Waals surface area (Å²) in [4.78, 5) is 21.3. The van der Waals surface area contributed by atoms with Crippen LogP contribution in [0.2, 0.25) is 0 Å². The molecule has 82 valence electrons. The minimum atomic E-state index is -0.946. The summed E-state index contributed by atoms with van der Waals surface area (Å²) in [6, 6.07) is 1.91. The van der Waals surface area contributed by atoms with Crippen LogP contribution in [0, 0.1) is 0 Å². The van der Waals surface area contributed by atoms with E-state index in [1.165, 1.54) is 0 Å². The van der Waals surface area contributed by atoms with Gasteiger partial charge < -0.3 is 15.4 Å². The number of aromatic amines is 1. The van der Waals surface area contributed by atoms with Crippen molar-refractivity contribution in [3.8, 4) is 11.1 Å². The van der Waals surface area contributed by atoms with Crippen molar-refractivity contribution in [3.05, 3.63) is 30.9 Å². The van der Waals surface area contributed by atoms with Crippen molar-refractivity contribution in [1.29, 1.82) is 0 Å². The first-order valence-electron chi connectivity index (χ1n) is 4.66. The lowest BCUT2D eigenvalue weighted by Crippen LogP contribution is -2.14. The summed E-state index contributed by atoms with van der Waals surface area (Å²) >= 11 is 0. The van der Waals surface area contributed by atoms with E-state index in [4.69, 9.17) is 5.11 Å². The van der Waals surface area contributed by atoms with Crippen LogP contribution in [0.1, 0.15) is 0 Å². The maximum absolute atomic E-state index is 10.3. The molecule has 0 saturated carbocycles. The van der Waals surface area contributed by atoms with Crippen molar-refractivity contribution in [2.45, 2.75) is 0 Å². The second-order valence-corrected chi connectivity index (χ2v) is 3.14. The smallest absolute Gasteiger partial charge is 0.322 e. The summed E-state index contributed by atoms with van der Waals surface area (Å²) in [5, 5.41) is 11.0. The first kappa shape index (κ1) is 10.2. The van der Waals surface area contributed by atoms with Crippen LogP contribution in [-0.4, -0.2) is 32.6 Å². The number of H-pyrrole nitrogens is 1. The van der Waals surface area contributed by atoms with Gasteiger partial charge in [-0.2, -0.15) is 0 Å². The lowest BCUT2D eigenvalue weighted by molar-refractivity contribution is -0.134. The predicted molar refractivity (Wildman–Crippen MR) is 57.9 cm³/mol. The van der Waals surface area contributed by atoms with Crippen LogP contribution in [0.5, 0.6) is 0 Å². The van der Waals surface area contributed by atoms with E-state index in [0.29, 0.717) is 5.95 Å². The van der Waals surface area contributed by atoms with Crippen LogP contribution < -0.4 is 5.32 Å². The molecule has 0 aliphatic heterocycles. The number of rotatable bonds is 4. The van der Waals surface area contributed by atoms with E-state index < -0.39 is 5.97 Å². The highest BCUT2D eigenvalue weighted by Crippen LogP contribution is 2.16. The molecule has 0 saturated heterocycles. The third-order valence-electron chi connectivity index (χ3n) is 1.98. The van der Waals surface area contributed by atoms with Gasteiger partial charge in [0.1, 0.15) is 6.54 Å². The highest BCUT2D eigenvalue weighted by atomic mass is 16.4. The number of aromatic nitrogens is 3. The highest BCUT2D eigenvalue weighted by Gasteiger charge is 2.01. The number of hydrogen-bond acceptors (Lipinski definition) is 4. The Morgan fingerprint density at radius 1 is 1.38 bits per heavy atom. The fourth-order valence-corrected chi connectivity index (χ4v) is 1.23. The third-order valence-corrected chi connectivity index (χ3v) is 1.98. The summed E-state index contributed by atoms with van der Waals surface area (Å²) < 4.78 is 0. The number of hydrogen-bond donors (Lipinski definition) is 3. The first-order valence-corrected chi connectivity index (χ1v) is 4.66. The van der Waals surface area contributed by atoms with Gasteiger partial charge in [-0.05, 0) is 6.07 Å². The SMILES string of the molecule is O=C(O)CNc1ncc(-c2cc[nH]c2)cn1. The van der Waals surface area contributed by atoms with Crippen molar-refractivity contribution < 1.29 is 9.90 Å². The van der Waals surface area contributed by atoms with Crippen molar-refractivity contribution in [1.82, 2.24) is 15.0 Å². The molecule has 0 radical (unpaired) electrons. The molecule has 0 bridgehead atoms. The molecule has 0 amide bonds. The Hall–Kier alpha value is -2.37. The van der Waals surface area contributed by atoms with Crippen LogP contribution in [0.3, 0.4) is 0 Å². The third kappa shape index (κ3) is 2.35. The van der Waals surface area contributed by atoms with Gasteiger partial charge in [-0.15, -0.1) is 0 Å². The molecule has 2 heterocycles. The minimum absolute atomic E-state index is 0.191. The molecule has 6 nitrogen and oxygen atoms in total. The second kappa shape index (κ2) is 4.43. The molecule has 0 spiro atoms. The van der Waals surface area contributed by atoms with Crippen molar-refractivity contribution in [3.63, 3.8) is 0 Å². The quantitative estimate of drug-likeness (QED) is 0.711. The second-order valence-electron chi connectivity index (χ2n) is 3.14. The molecule has 2 rings (SSSR count). The summed E-state index contributed by atoms with van der Waals surface area (Å²) in [5.74, 6) is -0.639. The highest BCUT2D eigenvalue weighted by molar-refractivity contribution is 5.72. The fraction of sp³-hybridized carbons (Fsp3) is 0.100. The van der Waals surface area contributed by atoms with Crippen LogP contribution >= 0.6 is 0 Å². The molecule has 2 aromatic rings. The summed E-state index contributed by atoms with van der Waals surface area (Å²) in [6.45, 7) is -0.191. The van der Waals surface area contributed by atoms with Crippen LogP contribution in [0.15, 0.2) is 30.9 Å². The molecule has 0 unspecified atom stereocenters.